The molecule has 0 amide bonds. The van der Waals surface area contributed by atoms with E-state index >= 15 is 0 Å². The summed E-state index contributed by atoms with van der Waals surface area (Å²) in [7, 11) is 0. The smallest absolute Gasteiger partial charge is 0.0801 e. The lowest BCUT2D eigenvalue weighted by atomic mass is 9.99. The van der Waals surface area contributed by atoms with E-state index in [2.05, 4.69) is 107 Å². The van der Waals surface area contributed by atoms with Gasteiger partial charge in [0.15, 0.2) is 0 Å². The molecule has 0 spiro atoms. The first kappa shape index (κ1) is 20.2. The second-order valence-corrected chi connectivity index (χ2v) is 9.51. The highest BCUT2D eigenvalue weighted by molar-refractivity contribution is 6.31. The number of aromatic nitrogens is 3. The molecule has 5 aromatic carbocycles. The highest BCUT2D eigenvalue weighted by Crippen LogP contribution is 2.41. The van der Waals surface area contributed by atoms with Gasteiger partial charge >= 0.3 is 0 Å². The zero-order valence-electron chi connectivity index (χ0n) is 20.0. The Kier molecular flexibility index (Phi) is 4.23. The van der Waals surface area contributed by atoms with Gasteiger partial charge in [-0.15, -0.1) is 0 Å². The van der Waals surface area contributed by atoms with Gasteiger partial charge in [-0.3, -0.25) is 9.97 Å². The molecule has 0 unspecified atom stereocenters. The van der Waals surface area contributed by atoms with Crippen molar-refractivity contribution in [2.45, 2.75) is 0 Å². The molecule has 0 aliphatic rings. The summed E-state index contributed by atoms with van der Waals surface area (Å²) in [5, 5.41) is 8.54. The van der Waals surface area contributed by atoms with Crippen molar-refractivity contribution < 1.29 is 0 Å². The van der Waals surface area contributed by atoms with Crippen LogP contribution in [0.5, 0.6) is 0 Å². The van der Waals surface area contributed by atoms with Crippen LogP contribution < -0.4 is 0 Å². The fourth-order valence-corrected chi connectivity index (χ4v) is 5.84. The second-order valence-electron chi connectivity index (χ2n) is 9.51. The van der Waals surface area contributed by atoms with Crippen molar-refractivity contribution in [3.8, 4) is 16.8 Å². The van der Waals surface area contributed by atoms with Crippen LogP contribution in [-0.4, -0.2) is 14.5 Å². The summed E-state index contributed by atoms with van der Waals surface area (Å²) in [5.41, 5.74) is 6.89. The van der Waals surface area contributed by atoms with Gasteiger partial charge < -0.3 is 4.57 Å². The van der Waals surface area contributed by atoms with Gasteiger partial charge in [-0.2, -0.15) is 0 Å². The molecular formula is C34H21N3. The van der Waals surface area contributed by atoms with Crippen LogP contribution >= 0.6 is 0 Å². The van der Waals surface area contributed by atoms with Crippen LogP contribution in [0.25, 0.3) is 71.1 Å². The van der Waals surface area contributed by atoms with Gasteiger partial charge in [0, 0.05) is 51.4 Å². The molecule has 3 heteroatoms. The Morgan fingerprint density at radius 3 is 2.19 bits per heavy atom. The molecule has 3 nitrogen and oxygen atoms in total. The summed E-state index contributed by atoms with van der Waals surface area (Å²) in [5.74, 6) is 0. The van der Waals surface area contributed by atoms with Gasteiger partial charge in [-0.1, -0.05) is 66.7 Å². The molecule has 3 aromatic heterocycles. The molecular weight excluding hydrogens is 450 g/mol. The quantitative estimate of drug-likeness (QED) is 0.236. The molecule has 3 heterocycles. The minimum atomic E-state index is 1.04. The molecule has 0 bridgehead atoms. The summed E-state index contributed by atoms with van der Waals surface area (Å²) in [6.07, 6.45) is 5.62. The molecule has 0 saturated heterocycles. The predicted octanol–water partition coefficient (Wildman–Crippen LogP) is 8.70. The fraction of sp³-hybridized carbons (Fsp3) is 0. The lowest BCUT2D eigenvalue weighted by Crippen LogP contribution is -1.95. The Bertz CT molecular complexity index is 2140. The lowest BCUT2D eigenvalue weighted by Gasteiger charge is -2.13. The van der Waals surface area contributed by atoms with E-state index < -0.39 is 0 Å². The molecule has 8 rings (SSSR count). The minimum absolute atomic E-state index is 1.04. The first-order valence-corrected chi connectivity index (χ1v) is 12.5. The summed E-state index contributed by atoms with van der Waals surface area (Å²) < 4.78 is 2.41. The Morgan fingerprint density at radius 2 is 1.30 bits per heavy atom. The second kappa shape index (κ2) is 7.74. The third kappa shape index (κ3) is 2.95. The zero-order valence-corrected chi connectivity index (χ0v) is 20.0. The maximum atomic E-state index is 4.83. The zero-order chi connectivity index (χ0) is 24.3. The average molecular weight is 472 g/mol. The van der Waals surface area contributed by atoms with E-state index in [-0.39, 0.29) is 0 Å². The normalized spacial score (nSPS) is 11.8. The molecule has 0 aliphatic carbocycles. The van der Waals surface area contributed by atoms with Gasteiger partial charge in [0.1, 0.15) is 0 Å². The van der Waals surface area contributed by atoms with Crippen LogP contribution in [0.4, 0.5) is 0 Å². The Labute approximate surface area is 213 Å². The van der Waals surface area contributed by atoms with Crippen molar-refractivity contribution in [1.82, 2.24) is 14.5 Å². The molecule has 0 atom stereocenters. The molecule has 0 saturated carbocycles. The Balaban J connectivity index is 1.47. The summed E-state index contributed by atoms with van der Waals surface area (Å²) in [6, 6.07) is 39.1. The topological polar surface area (TPSA) is 30.7 Å². The van der Waals surface area contributed by atoms with E-state index in [9.17, 15) is 0 Å². The number of pyridine rings is 2. The number of rotatable bonds is 2. The molecule has 0 aliphatic heterocycles. The average Bonchev–Trinajstić information content (AvgIpc) is 3.33. The van der Waals surface area contributed by atoms with Crippen molar-refractivity contribution in [3.05, 3.63) is 128 Å². The van der Waals surface area contributed by atoms with Crippen molar-refractivity contribution in [3.63, 3.8) is 0 Å². The molecule has 0 N–H and O–H groups in total. The van der Waals surface area contributed by atoms with Crippen molar-refractivity contribution in [1.29, 1.82) is 0 Å². The third-order valence-electron chi connectivity index (χ3n) is 7.47. The highest BCUT2D eigenvalue weighted by Gasteiger charge is 2.19. The highest BCUT2D eigenvalue weighted by atomic mass is 15.0. The fourth-order valence-electron chi connectivity index (χ4n) is 5.84. The minimum Gasteiger partial charge on any atom is -0.309 e. The van der Waals surface area contributed by atoms with Crippen LogP contribution in [-0.2, 0) is 0 Å². The lowest BCUT2D eigenvalue weighted by molar-refractivity contribution is 1.19. The number of para-hydroxylation sites is 1. The van der Waals surface area contributed by atoms with E-state index in [4.69, 9.17) is 4.98 Å². The van der Waals surface area contributed by atoms with Crippen molar-refractivity contribution in [2.24, 2.45) is 0 Å². The number of benzene rings is 5. The molecule has 172 valence electrons. The monoisotopic (exact) mass is 471 g/mol. The predicted molar refractivity (Wildman–Crippen MR) is 154 cm³/mol. The Morgan fingerprint density at radius 1 is 0.541 bits per heavy atom. The van der Waals surface area contributed by atoms with E-state index in [1.165, 1.54) is 54.3 Å². The molecule has 0 fully saturated rings. The van der Waals surface area contributed by atoms with E-state index in [1.807, 2.05) is 30.7 Å². The largest absolute Gasteiger partial charge is 0.309 e. The number of nitrogens with zero attached hydrogens (tertiary/aromatic N) is 3. The van der Waals surface area contributed by atoms with Crippen molar-refractivity contribution >= 4 is 54.3 Å². The van der Waals surface area contributed by atoms with E-state index in [0.717, 1.165) is 16.8 Å². The van der Waals surface area contributed by atoms with E-state index in [0.29, 0.717) is 0 Å². The van der Waals surface area contributed by atoms with Crippen LogP contribution in [0.15, 0.2) is 128 Å². The SMILES string of the molecule is c1cncc(-c2ccc3cc(-n4c5ccccc5c5c6ccccc6c6ncccc6c54)ccc3c2)c1. The first-order valence-electron chi connectivity index (χ1n) is 12.5. The number of hydrogen-bond donors (Lipinski definition) is 0. The van der Waals surface area contributed by atoms with Gasteiger partial charge in [0.2, 0.25) is 0 Å². The molecule has 8 aromatic rings. The molecule has 0 radical (unpaired) electrons. The number of fused-ring (bicyclic) bond motifs is 9. The van der Waals surface area contributed by atoms with Crippen LogP contribution in [0.3, 0.4) is 0 Å². The van der Waals surface area contributed by atoms with Crippen LogP contribution in [0.2, 0.25) is 0 Å². The number of hydrogen-bond acceptors (Lipinski definition) is 2. The maximum Gasteiger partial charge on any atom is 0.0801 e. The van der Waals surface area contributed by atoms with E-state index in [1.54, 1.807) is 0 Å². The third-order valence-corrected chi connectivity index (χ3v) is 7.47. The van der Waals surface area contributed by atoms with Gasteiger partial charge in [-0.25, -0.2) is 0 Å². The summed E-state index contributed by atoms with van der Waals surface area (Å²) >= 11 is 0. The van der Waals surface area contributed by atoms with Crippen LogP contribution in [0, 0.1) is 0 Å². The summed E-state index contributed by atoms with van der Waals surface area (Å²) in [4.78, 5) is 9.12. The van der Waals surface area contributed by atoms with Crippen LogP contribution in [0.1, 0.15) is 0 Å². The van der Waals surface area contributed by atoms with Crippen molar-refractivity contribution in [2.75, 3.05) is 0 Å². The van der Waals surface area contributed by atoms with Gasteiger partial charge in [-0.05, 0) is 64.2 Å². The van der Waals surface area contributed by atoms with Gasteiger partial charge in [0.25, 0.3) is 0 Å². The molecule has 37 heavy (non-hydrogen) atoms. The summed E-state index contributed by atoms with van der Waals surface area (Å²) in [6.45, 7) is 0. The first-order chi connectivity index (χ1) is 18.4. The maximum absolute atomic E-state index is 4.83. The Hall–Kier alpha value is -5.02. The standard InChI is InChI=1S/C34H21N3/c1-2-9-28-27(8-1)32-29-10-3-4-12-31(29)37(34(32)30-11-6-18-36-33(28)30)26-16-15-22-19-23(13-14-24(22)20-26)25-7-5-17-35-21-25/h1-21H. The van der Waals surface area contributed by atoms with Gasteiger partial charge in [0.05, 0.1) is 16.6 Å².